The summed E-state index contributed by atoms with van der Waals surface area (Å²) in [4.78, 5) is 30.5. The van der Waals surface area contributed by atoms with Crippen molar-refractivity contribution in [2.24, 2.45) is 0 Å². The largest absolute Gasteiger partial charge is 0.347 e. The first-order chi connectivity index (χ1) is 14.2. The standard InChI is InChI=1S/C23H20N4O2/c28-22-19-7-1-2-8-20(19)23(29)27(22)12-5-11-26-15-17(14-25-13-10-24-16-25)18-6-3-4-9-21(18)26/h1-4,6-10,13,15-16H,5,11-12,14H2. The Labute approximate surface area is 168 Å². The highest BCUT2D eigenvalue weighted by Crippen LogP contribution is 2.24. The molecule has 1 aliphatic rings. The fraction of sp³-hybridized carbons (Fsp3) is 0.174. The number of nitrogens with zero attached hydrogens (tertiary/aromatic N) is 4. The van der Waals surface area contributed by atoms with Gasteiger partial charge in [0.05, 0.1) is 24.0 Å². The van der Waals surface area contributed by atoms with Crippen molar-refractivity contribution in [3.8, 4) is 0 Å². The third-order valence-electron chi connectivity index (χ3n) is 5.44. The first-order valence-corrected chi connectivity index (χ1v) is 9.70. The van der Waals surface area contributed by atoms with Crippen LogP contribution in [0.3, 0.4) is 0 Å². The summed E-state index contributed by atoms with van der Waals surface area (Å²) in [5.74, 6) is -0.382. The number of imide groups is 1. The second kappa shape index (κ2) is 7.05. The summed E-state index contributed by atoms with van der Waals surface area (Å²) in [6.45, 7) is 1.90. The molecule has 6 heteroatoms. The van der Waals surface area contributed by atoms with E-state index in [9.17, 15) is 9.59 Å². The molecule has 6 nitrogen and oxygen atoms in total. The summed E-state index contributed by atoms with van der Waals surface area (Å²) in [5.41, 5.74) is 3.39. The molecule has 2 aromatic carbocycles. The molecule has 29 heavy (non-hydrogen) atoms. The molecule has 0 saturated carbocycles. The van der Waals surface area contributed by atoms with E-state index in [1.54, 1.807) is 30.5 Å². The molecule has 0 radical (unpaired) electrons. The van der Waals surface area contributed by atoms with Gasteiger partial charge in [-0.3, -0.25) is 14.5 Å². The molecule has 2 amide bonds. The van der Waals surface area contributed by atoms with E-state index in [4.69, 9.17) is 0 Å². The summed E-state index contributed by atoms with van der Waals surface area (Å²) in [6, 6.07) is 15.3. The van der Waals surface area contributed by atoms with E-state index in [1.807, 2.05) is 29.2 Å². The van der Waals surface area contributed by atoms with Crippen molar-refractivity contribution in [2.45, 2.75) is 19.5 Å². The van der Waals surface area contributed by atoms with Crippen LogP contribution in [-0.2, 0) is 13.1 Å². The van der Waals surface area contributed by atoms with Crippen molar-refractivity contribution >= 4 is 22.7 Å². The quantitative estimate of drug-likeness (QED) is 0.478. The maximum Gasteiger partial charge on any atom is 0.261 e. The van der Waals surface area contributed by atoms with E-state index >= 15 is 0 Å². The van der Waals surface area contributed by atoms with Gasteiger partial charge >= 0.3 is 0 Å². The van der Waals surface area contributed by atoms with E-state index < -0.39 is 0 Å². The van der Waals surface area contributed by atoms with Crippen molar-refractivity contribution in [3.05, 3.63) is 90.1 Å². The molecule has 0 unspecified atom stereocenters. The van der Waals surface area contributed by atoms with Gasteiger partial charge in [-0.1, -0.05) is 30.3 Å². The van der Waals surface area contributed by atoms with Crippen LogP contribution in [0.5, 0.6) is 0 Å². The smallest absolute Gasteiger partial charge is 0.261 e. The molecule has 5 rings (SSSR count). The number of carbonyl (C=O) groups is 2. The van der Waals surface area contributed by atoms with Crippen LogP contribution in [0.1, 0.15) is 32.7 Å². The van der Waals surface area contributed by atoms with Crippen LogP contribution >= 0.6 is 0 Å². The number of rotatable bonds is 6. The monoisotopic (exact) mass is 384 g/mol. The average Bonchev–Trinajstić information content (AvgIpc) is 3.44. The fourth-order valence-electron chi connectivity index (χ4n) is 4.05. The second-order valence-corrected chi connectivity index (χ2v) is 7.26. The van der Waals surface area contributed by atoms with E-state index in [2.05, 4.69) is 27.9 Å². The normalized spacial score (nSPS) is 13.4. The lowest BCUT2D eigenvalue weighted by Crippen LogP contribution is -2.31. The molecular formula is C23H20N4O2. The van der Waals surface area contributed by atoms with E-state index in [0.29, 0.717) is 24.1 Å². The molecule has 0 N–H and O–H groups in total. The number of hydrogen-bond acceptors (Lipinski definition) is 3. The van der Waals surface area contributed by atoms with Crippen LogP contribution in [0, 0.1) is 0 Å². The molecule has 0 bridgehead atoms. The Morgan fingerprint density at radius 2 is 1.59 bits per heavy atom. The Bertz CT molecular complexity index is 1170. The van der Waals surface area contributed by atoms with Gasteiger partial charge in [0, 0.05) is 42.6 Å². The minimum Gasteiger partial charge on any atom is -0.347 e. The lowest BCUT2D eigenvalue weighted by Gasteiger charge is -2.14. The van der Waals surface area contributed by atoms with Gasteiger partial charge in [-0.2, -0.15) is 0 Å². The van der Waals surface area contributed by atoms with Crippen LogP contribution in [0.25, 0.3) is 10.9 Å². The lowest BCUT2D eigenvalue weighted by atomic mass is 10.1. The Hall–Kier alpha value is -3.67. The summed E-state index contributed by atoms with van der Waals surface area (Å²) < 4.78 is 4.25. The number of amides is 2. The molecule has 0 spiro atoms. The highest BCUT2D eigenvalue weighted by atomic mass is 16.2. The van der Waals surface area contributed by atoms with Crippen molar-refractivity contribution in [1.29, 1.82) is 0 Å². The van der Waals surface area contributed by atoms with Crippen molar-refractivity contribution in [2.75, 3.05) is 6.54 Å². The highest BCUT2D eigenvalue weighted by Gasteiger charge is 2.34. The SMILES string of the molecule is O=C1c2ccccc2C(=O)N1CCCn1cc(Cn2ccnc2)c2ccccc21. The maximum atomic E-state index is 12.5. The summed E-state index contributed by atoms with van der Waals surface area (Å²) in [6.07, 6.45) is 8.41. The number of aryl methyl sites for hydroxylation is 1. The number of carbonyl (C=O) groups excluding carboxylic acids is 2. The maximum absolute atomic E-state index is 12.5. The first-order valence-electron chi connectivity index (χ1n) is 9.70. The Kier molecular flexibility index (Phi) is 4.24. The molecule has 1 aliphatic heterocycles. The molecule has 144 valence electrons. The third-order valence-corrected chi connectivity index (χ3v) is 5.44. The molecule has 0 aliphatic carbocycles. The van der Waals surface area contributed by atoms with Crippen molar-refractivity contribution in [1.82, 2.24) is 19.0 Å². The van der Waals surface area contributed by atoms with Gasteiger partial charge in [-0.15, -0.1) is 0 Å². The number of imidazole rings is 1. The Morgan fingerprint density at radius 1 is 0.862 bits per heavy atom. The molecule has 0 saturated heterocycles. The minimum atomic E-state index is -0.191. The highest BCUT2D eigenvalue weighted by molar-refractivity contribution is 6.21. The topological polar surface area (TPSA) is 60.1 Å². The zero-order chi connectivity index (χ0) is 19.8. The summed E-state index contributed by atoms with van der Waals surface area (Å²) >= 11 is 0. The van der Waals surface area contributed by atoms with Gasteiger partial charge in [0.2, 0.25) is 0 Å². The van der Waals surface area contributed by atoms with Crippen LogP contribution in [0.15, 0.2) is 73.4 Å². The van der Waals surface area contributed by atoms with Gasteiger partial charge in [-0.05, 0) is 30.2 Å². The summed E-state index contributed by atoms with van der Waals surface area (Å²) in [7, 11) is 0. The van der Waals surface area contributed by atoms with Crippen molar-refractivity contribution in [3.63, 3.8) is 0 Å². The van der Waals surface area contributed by atoms with Gasteiger partial charge < -0.3 is 9.13 Å². The number of para-hydroxylation sites is 1. The third kappa shape index (κ3) is 3.02. The zero-order valence-corrected chi connectivity index (χ0v) is 15.9. The summed E-state index contributed by atoms with van der Waals surface area (Å²) in [5, 5.41) is 1.21. The lowest BCUT2D eigenvalue weighted by molar-refractivity contribution is 0.0651. The molecule has 3 heterocycles. The Morgan fingerprint density at radius 3 is 2.31 bits per heavy atom. The first kappa shape index (κ1) is 17.4. The average molecular weight is 384 g/mol. The van der Waals surface area contributed by atoms with Gasteiger partial charge in [0.15, 0.2) is 0 Å². The number of benzene rings is 2. The molecule has 0 atom stereocenters. The molecular weight excluding hydrogens is 364 g/mol. The number of hydrogen-bond donors (Lipinski definition) is 0. The predicted molar refractivity (Wildman–Crippen MR) is 110 cm³/mol. The van der Waals surface area contributed by atoms with Crippen LogP contribution in [-0.4, -0.2) is 37.4 Å². The van der Waals surface area contributed by atoms with Crippen molar-refractivity contribution < 1.29 is 9.59 Å². The minimum absolute atomic E-state index is 0.191. The van der Waals surface area contributed by atoms with E-state index in [1.165, 1.54) is 15.8 Å². The van der Waals surface area contributed by atoms with E-state index in [-0.39, 0.29) is 11.8 Å². The van der Waals surface area contributed by atoms with Crippen LogP contribution in [0.4, 0.5) is 0 Å². The molecule has 0 fully saturated rings. The molecule has 4 aromatic rings. The number of fused-ring (bicyclic) bond motifs is 2. The fourth-order valence-corrected chi connectivity index (χ4v) is 4.05. The zero-order valence-electron chi connectivity index (χ0n) is 15.9. The van der Waals surface area contributed by atoms with Gasteiger partial charge in [-0.25, -0.2) is 4.98 Å². The predicted octanol–water partition coefficient (Wildman–Crippen LogP) is 3.57. The number of aromatic nitrogens is 3. The van der Waals surface area contributed by atoms with Gasteiger partial charge in [0.25, 0.3) is 11.8 Å². The molecule has 2 aromatic heterocycles. The van der Waals surface area contributed by atoms with Gasteiger partial charge in [0.1, 0.15) is 0 Å². The van der Waals surface area contributed by atoms with Crippen LogP contribution in [0.2, 0.25) is 0 Å². The van der Waals surface area contributed by atoms with Crippen LogP contribution < -0.4 is 0 Å². The second-order valence-electron chi connectivity index (χ2n) is 7.26. The van der Waals surface area contributed by atoms with E-state index in [0.717, 1.165) is 18.6 Å². The Balaban J connectivity index is 1.33.